The number of likely N-dealkylation sites (tertiary alicyclic amines) is 1. The fourth-order valence-corrected chi connectivity index (χ4v) is 4.30. The average molecular weight is 393 g/mol. The molecular weight excluding hydrogens is 364 g/mol. The van der Waals surface area contributed by atoms with Crippen LogP contribution >= 0.6 is 0 Å². The molecule has 0 radical (unpaired) electrons. The Morgan fingerprint density at radius 3 is 2.55 bits per heavy atom. The van der Waals surface area contributed by atoms with Gasteiger partial charge >= 0.3 is 5.97 Å². The van der Waals surface area contributed by atoms with Crippen LogP contribution in [0.25, 0.3) is 16.7 Å². The second-order valence-electron chi connectivity index (χ2n) is 7.73. The molecule has 0 atom stereocenters. The molecule has 0 bridgehead atoms. The van der Waals surface area contributed by atoms with Crippen LogP contribution in [0.1, 0.15) is 25.3 Å². The molecule has 1 N–H and O–H groups in total. The van der Waals surface area contributed by atoms with Crippen molar-refractivity contribution in [1.82, 2.24) is 19.4 Å². The highest BCUT2D eigenvalue weighted by Gasteiger charge is 2.24. The van der Waals surface area contributed by atoms with Gasteiger partial charge in [-0.1, -0.05) is 31.2 Å². The third kappa shape index (κ3) is 4.49. The Bertz CT molecular complexity index is 958. The minimum atomic E-state index is -0.736. The molecule has 0 amide bonds. The van der Waals surface area contributed by atoms with E-state index in [1.54, 1.807) is 0 Å². The maximum absolute atomic E-state index is 11.0. The summed E-state index contributed by atoms with van der Waals surface area (Å²) in [5.74, 6) is -0.736. The molecule has 0 saturated carbocycles. The van der Waals surface area contributed by atoms with Gasteiger partial charge in [-0.15, -0.1) is 0 Å². The Hall–Kier alpha value is -2.70. The van der Waals surface area contributed by atoms with Crippen LogP contribution in [0.15, 0.2) is 54.9 Å². The SMILES string of the molecule is CCN(CC(=O)O)C1CCN(Cc2ccc(-n3cnc4ccccc43)cc2)CC1. The molecule has 6 nitrogen and oxygen atoms in total. The van der Waals surface area contributed by atoms with Crippen LogP contribution in [0.4, 0.5) is 0 Å². The van der Waals surface area contributed by atoms with Gasteiger partial charge in [0.15, 0.2) is 0 Å². The number of hydrogen-bond acceptors (Lipinski definition) is 4. The lowest BCUT2D eigenvalue weighted by atomic mass is 10.0. The largest absolute Gasteiger partial charge is 0.480 e. The molecule has 6 heteroatoms. The topological polar surface area (TPSA) is 61.6 Å². The minimum Gasteiger partial charge on any atom is -0.480 e. The van der Waals surface area contributed by atoms with Crippen molar-refractivity contribution in [3.63, 3.8) is 0 Å². The summed E-state index contributed by atoms with van der Waals surface area (Å²) in [6, 6.07) is 17.2. The van der Waals surface area contributed by atoms with E-state index >= 15 is 0 Å². The predicted molar refractivity (Wildman–Crippen MR) is 114 cm³/mol. The third-order valence-corrected chi connectivity index (χ3v) is 5.89. The summed E-state index contributed by atoms with van der Waals surface area (Å²) in [6.45, 7) is 5.93. The van der Waals surface area contributed by atoms with Crippen LogP contribution in [-0.2, 0) is 11.3 Å². The quantitative estimate of drug-likeness (QED) is 0.668. The van der Waals surface area contributed by atoms with Gasteiger partial charge in [0, 0.05) is 18.3 Å². The second-order valence-corrected chi connectivity index (χ2v) is 7.73. The average Bonchev–Trinajstić information content (AvgIpc) is 3.17. The van der Waals surface area contributed by atoms with Crippen molar-refractivity contribution in [1.29, 1.82) is 0 Å². The number of benzene rings is 2. The molecule has 4 rings (SSSR count). The Balaban J connectivity index is 1.36. The summed E-state index contributed by atoms with van der Waals surface area (Å²) in [4.78, 5) is 20.1. The highest BCUT2D eigenvalue weighted by atomic mass is 16.4. The van der Waals surface area contributed by atoms with Gasteiger partial charge in [-0.05, 0) is 62.3 Å². The summed E-state index contributed by atoms with van der Waals surface area (Å²) < 4.78 is 2.12. The molecule has 29 heavy (non-hydrogen) atoms. The summed E-state index contributed by atoms with van der Waals surface area (Å²) in [5, 5.41) is 9.08. The smallest absolute Gasteiger partial charge is 0.317 e. The van der Waals surface area contributed by atoms with E-state index < -0.39 is 5.97 Å². The fourth-order valence-electron chi connectivity index (χ4n) is 4.30. The zero-order valence-corrected chi connectivity index (χ0v) is 16.9. The first-order valence-corrected chi connectivity index (χ1v) is 10.3. The van der Waals surface area contributed by atoms with Gasteiger partial charge < -0.3 is 5.11 Å². The molecule has 1 aromatic heterocycles. The molecule has 1 aliphatic heterocycles. The van der Waals surface area contributed by atoms with E-state index in [4.69, 9.17) is 5.11 Å². The van der Waals surface area contributed by atoms with E-state index in [1.165, 1.54) is 5.56 Å². The Morgan fingerprint density at radius 2 is 1.86 bits per heavy atom. The minimum absolute atomic E-state index is 0.144. The molecule has 2 aromatic carbocycles. The van der Waals surface area contributed by atoms with E-state index in [2.05, 4.69) is 49.7 Å². The van der Waals surface area contributed by atoms with E-state index in [9.17, 15) is 4.79 Å². The lowest BCUT2D eigenvalue weighted by molar-refractivity contribution is -0.139. The highest BCUT2D eigenvalue weighted by molar-refractivity contribution is 5.77. The number of para-hydroxylation sites is 2. The van der Waals surface area contributed by atoms with Gasteiger partial charge in [-0.2, -0.15) is 0 Å². The molecule has 2 heterocycles. The number of hydrogen-bond donors (Lipinski definition) is 1. The van der Waals surface area contributed by atoms with Crippen molar-refractivity contribution in [3.8, 4) is 5.69 Å². The Kier molecular flexibility index (Phi) is 5.92. The van der Waals surface area contributed by atoms with Crippen LogP contribution in [0.3, 0.4) is 0 Å². The molecule has 0 spiro atoms. The number of fused-ring (bicyclic) bond motifs is 1. The van der Waals surface area contributed by atoms with Crippen molar-refractivity contribution in [3.05, 3.63) is 60.4 Å². The van der Waals surface area contributed by atoms with Crippen LogP contribution in [0.2, 0.25) is 0 Å². The number of piperidine rings is 1. The van der Waals surface area contributed by atoms with Crippen molar-refractivity contribution in [2.24, 2.45) is 0 Å². The molecule has 0 aliphatic carbocycles. The van der Waals surface area contributed by atoms with E-state index in [0.29, 0.717) is 6.04 Å². The molecule has 1 fully saturated rings. The summed E-state index contributed by atoms with van der Waals surface area (Å²) in [5.41, 5.74) is 4.54. The zero-order valence-electron chi connectivity index (χ0n) is 16.9. The number of nitrogens with zero attached hydrogens (tertiary/aromatic N) is 4. The van der Waals surface area contributed by atoms with Crippen LogP contribution < -0.4 is 0 Å². The van der Waals surface area contributed by atoms with E-state index in [1.807, 2.05) is 31.5 Å². The standard InChI is InChI=1S/C23H28N4O2/c1-2-26(16-23(28)29)19-11-13-25(14-12-19)15-18-7-9-20(10-8-18)27-17-24-21-5-3-4-6-22(21)27/h3-10,17,19H,2,11-16H2,1H3,(H,28,29). The summed E-state index contributed by atoms with van der Waals surface area (Å²) in [7, 11) is 0. The maximum atomic E-state index is 11.0. The highest BCUT2D eigenvalue weighted by Crippen LogP contribution is 2.21. The van der Waals surface area contributed by atoms with Crippen molar-refractivity contribution in [2.45, 2.75) is 32.4 Å². The van der Waals surface area contributed by atoms with Gasteiger partial charge in [0.2, 0.25) is 0 Å². The number of imidazole rings is 1. The second kappa shape index (κ2) is 8.76. The van der Waals surface area contributed by atoms with E-state index in [-0.39, 0.29) is 6.54 Å². The zero-order chi connectivity index (χ0) is 20.2. The Morgan fingerprint density at radius 1 is 1.14 bits per heavy atom. The number of carboxylic acid groups (broad SMARTS) is 1. The van der Waals surface area contributed by atoms with Gasteiger partial charge in [0.05, 0.1) is 17.6 Å². The van der Waals surface area contributed by atoms with Gasteiger partial charge in [-0.25, -0.2) is 4.98 Å². The lowest BCUT2D eigenvalue weighted by Gasteiger charge is -2.37. The van der Waals surface area contributed by atoms with Crippen LogP contribution in [0, 0.1) is 0 Å². The van der Waals surface area contributed by atoms with Crippen LogP contribution in [0.5, 0.6) is 0 Å². The number of aliphatic carboxylic acids is 1. The van der Waals surface area contributed by atoms with Crippen molar-refractivity contribution >= 4 is 17.0 Å². The Labute approximate surface area is 171 Å². The van der Waals surface area contributed by atoms with E-state index in [0.717, 1.165) is 55.7 Å². The molecule has 3 aromatic rings. The molecule has 152 valence electrons. The van der Waals surface area contributed by atoms with Crippen LogP contribution in [-0.4, -0.2) is 62.6 Å². The number of likely N-dealkylation sites (N-methyl/N-ethyl adjacent to an activating group) is 1. The first kappa shape index (κ1) is 19.6. The maximum Gasteiger partial charge on any atom is 0.317 e. The third-order valence-electron chi connectivity index (χ3n) is 5.89. The molecule has 1 aliphatic rings. The molecular formula is C23H28N4O2. The summed E-state index contributed by atoms with van der Waals surface area (Å²) >= 11 is 0. The molecule has 1 saturated heterocycles. The van der Waals surface area contributed by atoms with Gasteiger partial charge in [0.1, 0.15) is 6.33 Å². The van der Waals surface area contributed by atoms with Gasteiger partial charge in [-0.3, -0.25) is 19.2 Å². The fraction of sp³-hybridized carbons (Fsp3) is 0.391. The first-order valence-electron chi connectivity index (χ1n) is 10.3. The summed E-state index contributed by atoms with van der Waals surface area (Å²) in [6.07, 6.45) is 3.93. The normalized spacial score (nSPS) is 15.9. The first-order chi connectivity index (χ1) is 14.1. The number of carboxylic acids is 1. The van der Waals surface area contributed by atoms with Crippen molar-refractivity contribution < 1.29 is 9.90 Å². The number of rotatable bonds is 7. The molecule has 0 unspecified atom stereocenters. The number of aromatic nitrogens is 2. The number of carbonyl (C=O) groups is 1. The van der Waals surface area contributed by atoms with Crippen molar-refractivity contribution in [2.75, 3.05) is 26.2 Å². The predicted octanol–water partition coefficient (Wildman–Crippen LogP) is 3.40. The monoisotopic (exact) mass is 392 g/mol. The van der Waals surface area contributed by atoms with Gasteiger partial charge in [0.25, 0.3) is 0 Å². The lowest BCUT2D eigenvalue weighted by Crippen LogP contribution is -2.46.